The summed E-state index contributed by atoms with van der Waals surface area (Å²) in [6, 6.07) is 3.47. The number of aromatic nitrogens is 1. The molecule has 1 aromatic heterocycles. The molecule has 1 aliphatic rings. The minimum atomic E-state index is -0.733. The Bertz CT molecular complexity index is 484. The van der Waals surface area contributed by atoms with E-state index in [0.29, 0.717) is 25.7 Å². The van der Waals surface area contributed by atoms with Gasteiger partial charge in [0.2, 0.25) is 0 Å². The Hall–Kier alpha value is -2.11. The number of hydrogen-bond donors (Lipinski definition) is 3. The van der Waals surface area contributed by atoms with Crippen molar-refractivity contribution in [1.29, 1.82) is 0 Å². The largest absolute Gasteiger partial charge is 0.481 e. The van der Waals surface area contributed by atoms with E-state index in [9.17, 15) is 9.59 Å². The molecule has 114 valence electrons. The van der Waals surface area contributed by atoms with Crippen LogP contribution in [0.3, 0.4) is 0 Å². The monoisotopic (exact) mass is 291 g/mol. The Kier molecular flexibility index (Phi) is 5.14. The van der Waals surface area contributed by atoms with Crippen LogP contribution in [-0.2, 0) is 4.79 Å². The first kappa shape index (κ1) is 15.3. The second kappa shape index (κ2) is 7.06. The van der Waals surface area contributed by atoms with Crippen molar-refractivity contribution in [3.8, 4) is 0 Å². The van der Waals surface area contributed by atoms with E-state index < -0.39 is 5.97 Å². The van der Waals surface area contributed by atoms with Gasteiger partial charge in [-0.15, -0.1) is 0 Å². The summed E-state index contributed by atoms with van der Waals surface area (Å²) in [5.41, 5.74) is 0.947. The van der Waals surface area contributed by atoms with Crippen LogP contribution < -0.4 is 10.6 Å². The number of amides is 2. The molecule has 3 N–H and O–H groups in total. The minimum absolute atomic E-state index is 0.0571. The first-order valence-electron chi connectivity index (χ1n) is 7.26. The van der Waals surface area contributed by atoms with Crippen LogP contribution in [0.15, 0.2) is 24.5 Å². The summed E-state index contributed by atoms with van der Waals surface area (Å²) in [5, 5.41) is 14.7. The van der Waals surface area contributed by atoms with Crippen molar-refractivity contribution in [3.63, 3.8) is 0 Å². The molecule has 0 unspecified atom stereocenters. The topological polar surface area (TPSA) is 91.3 Å². The first-order valence-corrected chi connectivity index (χ1v) is 7.26. The molecular weight excluding hydrogens is 270 g/mol. The number of carboxylic acids is 1. The van der Waals surface area contributed by atoms with E-state index in [1.165, 1.54) is 0 Å². The van der Waals surface area contributed by atoms with Crippen LogP contribution in [0.1, 0.15) is 44.2 Å². The van der Waals surface area contributed by atoms with E-state index >= 15 is 0 Å². The van der Waals surface area contributed by atoms with Gasteiger partial charge in [-0.3, -0.25) is 9.78 Å². The third-order valence-electron chi connectivity index (χ3n) is 3.94. The zero-order valence-corrected chi connectivity index (χ0v) is 12.1. The Morgan fingerprint density at radius 1 is 1.33 bits per heavy atom. The summed E-state index contributed by atoms with van der Waals surface area (Å²) < 4.78 is 0. The standard InChI is InChI=1S/C15H21N3O3/c1-10(12-3-2-8-16-9-12)17-15(21)18-13-6-4-11(5-7-13)14(19)20/h2-3,8-11,13H,4-7H2,1H3,(H,19,20)(H2,17,18,21)/t10-,11?,13?/m0/s1. The molecule has 6 heteroatoms. The van der Waals surface area contributed by atoms with Gasteiger partial charge in [0.05, 0.1) is 12.0 Å². The lowest BCUT2D eigenvalue weighted by atomic mass is 9.86. The number of aliphatic carboxylic acids is 1. The average Bonchev–Trinajstić information content (AvgIpc) is 2.48. The molecule has 6 nitrogen and oxygen atoms in total. The highest BCUT2D eigenvalue weighted by molar-refractivity contribution is 5.75. The molecule has 1 heterocycles. The van der Waals surface area contributed by atoms with E-state index in [-0.39, 0.29) is 24.0 Å². The number of pyridine rings is 1. The third-order valence-corrected chi connectivity index (χ3v) is 3.94. The van der Waals surface area contributed by atoms with Crippen molar-refractivity contribution in [1.82, 2.24) is 15.6 Å². The molecule has 0 radical (unpaired) electrons. The van der Waals surface area contributed by atoms with E-state index in [2.05, 4.69) is 15.6 Å². The summed E-state index contributed by atoms with van der Waals surface area (Å²) in [7, 11) is 0. The molecule has 1 aliphatic carbocycles. The SMILES string of the molecule is C[C@H](NC(=O)NC1CCC(C(=O)O)CC1)c1cccnc1. The van der Waals surface area contributed by atoms with Gasteiger partial charge in [-0.1, -0.05) is 6.07 Å². The van der Waals surface area contributed by atoms with Crippen molar-refractivity contribution in [2.45, 2.75) is 44.7 Å². The lowest BCUT2D eigenvalue weighted by Gasteiger charge is -2.27. The van der Waals surface area contributed by atoms with Crippen LogP contribution in [0.2, 0.25) is 0 Å². The number of carbonyl (C=O) groups is 2. The van der Waals surface area contributed by atoms with Crippen LogP contribution in [0, 0.1) is 5.92 Å². The summed E-state index contributed by atoms with van der Waals surface area (Å²) in [5.74, 6) is -0.997. The lowest BCUT2D eigenvalue weighted by Crippen LogP contribution is -2.44. The van der Waals surface area contributed by atoms with E-state index in [0.717, 1.165) is 5.56 Å². The lowest BCUT2D eigenvalue weighted by molar-refractivity contribution is -0.142. The van der Waals surface area contributed by atoms with Crippen LogP contribution in [0.5, 0.6) is 0 Å². The molecule has 1 saturated carbocycles. The van der Waals surface area contributed by atoms with Crippen LogP contribution >= 0.6 is 0 Å². The zero-order chi connectivity index (χ0) is 15.2. The Labute approximate surface area is 124 Å². The van der Waals surface area contributed by atoms with Gasteiger partial charge in [0.1, 0.15) is 0 Å². The average molecular weight is 291 g/mol. The maximum atomic E-state index is 12.0. The van der Waals surface area contributed by atoms with Crippen molar-refractivity contribution >= 4 is 12.0 Å². The molecule has 0 aliphatic heterocycles. The number of rotatable bonds is 4. The minimum Gasteiger partial charge on any atom is -0.481 e. The Balaban J connectivity index is 1.76. The normalized spacial score (nSPS) is 23.1. The number of carbonyl (C=O) groups excluding carboxylic acids is 1. The second-order valence-electron chi connectivity index (χ2n) is 5.51. The van der Waals surface area contributed by atoms with Crippen LogP contribution in [0.25, 0.3) is 0 Å². The van der Waals surface area contributed by atoms with E-state index in [4.69, 9.17) is 5.11 Å². The smallest absolute Gasteiger partial charge is 0.315 e. The van der Waals surface area contributed by atoms with E-state index in [1.54, 1.807) is 12.4 Å². The Morgan fingerprint density at radius 2 is 2.05 bits per heavy atom. The van der Waals surface area contributed by atoms with Gasteiger partial charge in [-0.2, -0.15) is 0 Å². The third kappa shape index (κ3) is 4.44. The highest BCUT2D eigenvalue weighted by Gasteiger charge is 2.26. The molecule has 0 spiro atoms. The maximum absolute atomic E-state index is 12.0. The fraction of sp³-hybridized carbons (Fsp3) is 0.533. The molecule has 1 aromatic rings. The predicted octanol–water partition coefficient (Wildman–Crippen LogP) is 2.09. The number of nitrogens with zero attached hydrogens (tertiary/aromatic N) is 1. The van der Waals surface area contributed by atoms with Crippen LogP contribution in [0.4, 0.5) is 4.79 Å². The molecule has 0 aromatic carbocycles. The molecule has 2 rings (SSSR count). The van der Waals surface area contributed by atoms with Crippen LogP contribution in [-0.4, -0.2) is 28.1 Å². The first-order chi connectivity index (χ1) is 10.1. The molecule has 21 heavy (non-hydrogen) atoms. The predicted molar refractivity (Wildman–Crippen MR) is 77.7 cm³/mol. The zero-order valence-electron chi connectivity index (χ0n) is 12.1. The highest BCUT2D eigenvalue weighted by Crippen LogP contribution is 2.24. The molecular formula is C15H21N3O3. The summed E-state index contributed by atoms with van der Waals surface area (Å²) in [4.78, 5) is 26.9. The number of urea groups is 1. The van der Waals surface area contributed by atoms with Gasteiger partial charge >= 0.3 is 12.0 Å². The summed E-state index contributed by atoms with van der Waals surface area (Å²) in [6.07, 6.45) is 6.09. The number of nitrogens with one attached hydrogen (secondary N) is 2. The number of carboxylic acid groups (broad SMARTS) is 1. The quantitative estimate of drug-likeness (QED) is 0.792. The fourth-order valence-corrected chi connectivity index (χ4v) is 2.62. The summed E-state index contributed by atoms with van der Waals surface area (Å²) >= 11 is 0. The Morgan fingerprint density at radius 3 is 2.62 bits per heavy atom. The maximum Gasteiger partial charge on any atom is 0.315 e. The van der Waals surface area contributed by atoms with Crippen molar-refractivity contribution in [3.05, 3.63) is 30.1 Å². The van der Waals surface area contributed by atoms with Gasteiger partial charge < -0.3 is 15.7 Å². The van der Waals surface area contributed by atoms with Gasteiger partial charge in [0.15, 0.2) is 0 Å². The van der Waals surface area contributed by atoms with Crippen molar-refractivity contribution < 1.29 is 14.7 Å². The highest BCUT2D eigenvalue weighted by atomic mass is 16.4. The molecule has 1 fully saturated rings. The molecule has 0 saturated heterocycles. The van der Waals surface area contributed by atoms with E-state index in [1.807, 2.05) is 19.1 Å². The van der Waals surface area contributed by atoms with Crippen molar-refractivity contribution in [2.75, 3.05) is 0 Å². The number of hydrogen-bond acceptors (Lipinski definition) is 3. The van der Waals surface area contributed by atoms with Gasteiger partial charge in [-0.05, 0) is 44.2 Å². The summed E-state index contributed by atoms with van der Waals surface area (Å²) in [6.45, 7) is 1.90. The second-order valence-corrected chi connectivity index (χ2v) is 5.51. The van der Waals surface area contributed by atoms with Crippen molar-refractivity contribution in [2.24, 2.45) is 5.92 Å². The van der Waals surface area contributed by atoms with Gasteiger partial charge in [0, 0.05) is 18.4 Å². The molecule has 1 atom stereocenters. The van der Waals surface area contributed by atoms with Gasteiger partial charge in [0.25, 0.3) is 0 Å². The van der Waals surface area contributed by atoms with Gasteiger partial charge in [-0.25, -0.2) is 4.79 Å². The molecule has 0 bridgehead atoms. The molecule has 2 amide bonds. The fourth-order valence-electron chi connectivity index (χ4n) is 2.62.